The minimum atomic E-state index is -0.676. The van der Waals surface area contributed by atoms with E-state index < -0.39 is 12.1 Å². The van der Waals surface area contributed by atoms with Gasteiger partial charge >= 0.3 is 5.97 Å². The number of aliphatic hydroxyl groups is 1. The summed E-state index contributed by atoms with van der Waals surface area (Å²) in [6.45, 7) is 0.263. The normalized spacial score (nSPS) is 11.7. The Hall–Kier alpha value is -2.04. The second kappa shape index (κ2) is 7.67. The number of alkyl halides is 1. The first-order valence-corrected chi connectivity index (χ1v) is 7.08. The average Bonchev–Trinajstić information content (AvgIpc) is 2.53. The number of rotatable bonds is 6. The first-order chi connectivity index (χ1) is 10.2. The van der Waals surface area contributed by atoms with Crippen LogP contribution in [0.5, 0.6) is 5.75 Å². The number of hydrogen-bond acceptors (Lipinski definition) is 4. The van der Waals surface area contributed by atoms with Gasteiger partial charge in [0.2, 0.25) is 0 Å². The van der Waals surface area contributed by atoms with E-state index in [4.69, 9.17) is 16.3 Å². The van der Waals surface area contributed by atoms with Crippen LogP contribution in [0.25, 0.3) is 0 Å². The highest BCUT2D eigenvalue weighted by atomic mass is 35.5. The zero-order valence-corrected chi connectivity index (χ0v) is 12.1. The minimum Gasteiger partial charge on any atom is -0.423 e. The maximum atomic E-state index is 12.2. The van der Waals surface area contributed by atoms with Gasteiger partial charge in [-0.1, -0.05) is 30.3 Å². The maximum absolute atomic E-state index is 12.2. The maximum Gasteiger partial charge on any atom is 0.345 e. The molecular formula is C16H16ClNO3. The fraction of sp³-hybridized carbons (Fsp3) is 0.188. The topological polar surface area (TPSA) is 58.6 Å². The molecule has 0 radical (unpaired) electrons. The van der Waals surface area contributed by atoms with Crippen LogP contribution in [0.2, 0.25) is 0 Å². The van der Waals surface area contributed by atoms with Crippen LogP contribution in [0.3, 0.4) is 0 Å². The van der Waals surface area contributed by atoms with Crippen molar-refractivity contribution >= 4 is 23.3 Å². The molecule has 0 heterocycles. The lowest BCUT2D eigenvalue weighted by Crippen LogP contribution is -2.22. The number of benzene rings is 2. The summed E-state index contributed by atoms with van der Waals surface area (Å²) in [5.74, 6) is 0.159. The molecule has 0 aromatic heterocycles. The monoisotopic (exact) mass is 305 g/mol. The number of aliphatic hydroxyl groups excluding tert-OH is 1. The molecule has 1 atom stereocenters. The van der Waals surface area contributed by atoms with Crippen LogP contribution in [-0.2, 0) is 0 Å². The van der Waals surface area contributed by atoms with Crippen molar-refractivity contribution in [1.29, 1.82) is 0 Å². The SMILES string of the molecule is O=C(Oc1ccccc1)c1ccccc1NCC(O)CCl. The molecule has 110 valence electrons. The smallest absolute Gasteiger partial charge is 0.345 e. The van der Waals surface area contributed by atoms with Crippen molar-refractivity contribution in [2.75, 3.05) is 17.7 Å². The van der Waals surface area contributed by atoms with Crippen LogP contribution in [0.1, 0.15) is 10.4 Å². The molecule has 0 saturated heterocycles. The number of carbonyl (C=O) groups is 1. The Bertz CT molecular complexity index is 589. The lowest BCUT2D eigenvalue weighted by Gasteiger charge is -2.13. The van der Waals surface area contributed by atoms with Gasteiger partial charge in [-0.25, -0.2) is 4.79 Å². The van der Waals surface area contributed by atoms with Gasteiger partial charge in [0.15, 0.2) is 0 Å². The molecule has 0 bridgehead atoms. The van der Waals surface area contributed by atoms with E-state index in [-0.39, 0.29) is 12.4 Å². The molecular weight excluding hydrogens is 290 g/mol. The largest absolute Gasteiger partial charge is 0.423 e. The molecule has 4 nitrogen and oxygen atoms in total. The lowest BCUT2D eigenvalue weighted by molar-refractivity contribution is 0.0735. The number of carbonyl (C=O) groups excluding carboxylic acids is 1. The van der Waals surface area contributed by atoms with Gasteiger partial charge < -0.3 is 15.2 Å². The van der Waals surface area contributed by atoms with E-state index in [0.29, 0.717) is 17.0 Å². The number of ether oxygens (including phenoxy) is 1. The third-order valence-electron chi connectivity index (χ3n) is 2.81. The van der Waals surface area contributed by atoms with Gasteiger partial charge in [0.05, 0.1) is 17.5 Å². The summed E-state index contributed by atoms with van der Waals surface area (Å²) in [7, 11) is 0. The van der Waals surface area contributed by atoms with Crippen LogP contribution in [0.4, 0.5) is 5.69 Å². The molecule has 0 spiro atoms. The number of nitrogens with one attached hydrogen (secondary N) is 1. The molecule has 2 N–H and O–H groups in total. The Morgan fingerprint density at radius 2 is 1.81 bits per heavy atom. The van der Waals surface area contributed by atoms with Crippen LogP contribution in [-0.4, -0.2) is 29.6 Å². The predicted octanol–water partition coefficient (Wildman–Crippen LogP) is 2.92. The number of para-hydroxylation sites is 2. The van der Waals surface area contributed by atoms with E-state index in [2.05, 4.69) is 5.32 Å². The summed E-state index contributed by atoms with van der Waals surface area (Å²) in [6, 6.07) is 15.8. The Balaban J connectivity index is 2.10. The standard InChI is InChI=1S/C16H16ClNO3/c17-10-12(19)11-18-15-9-5-4-8-14(15)16(20)21-13-6-2-1-3-7-13/h1-9,12,18-19H,10-11H2. The van der Waals surface area contributed by atoms with Gasteiger partial charge in [-0.3, -0.25) is 0 Å². The predicted molar refractivity (Wildman–Crippen MR) is 83.1 cm³/mol. The zero-order chi connectivity index (χ0) is 15.1. The molecule has 2 rings (SSSR count). The molecule has 0 aliphatic heterocycles. The number of anilines is 1. The molecule has 0 saturated carbocycles. The summed E-state index contributed by atoms with van der Waals surface area (Å²) < 4.78 is 5.31. The van der Waals surface area contributed by atoms with Crippen LogP contribution in [0, 0.1) is 0 Å². The van der Waals surface area contributed by atoms with Crippen LogP contribution in [0.15, 0.2) is 54.6 Å². The Morgan fingerprint density at radius 1 is 1.14 bits per heavy atom. The molecule has 0 aliphatic carbocycles. The quantitative estimate of drug-likeness (QED) is 0.489. The van der Waals surface area contributed by atoms with Crippen molar-refractivity contribution in [3.05, 3.63) is 60.2 Å². The molecule has 5 heteroatoms. The first-order valence-electron chi connectivity index (χ1n) is 6.55. The van der Waals surface area contributed by atoms with Crippen LogP contribution >= 0.6 is 11.6 Å². The van der Waals surface area contributed by atoms with Crippen molar-refractivity contribution < 1.29 is 14.6 Å². The zero-order valence-electron chi connectivity index (χ0n) is 11.3. The van der Waals surface area contributed by atoms with Crippen LogP contribution < -0.4 is 10.1 Å². The van der Waals surface area contributed by atoms with Gasteiger partial charge in [-0.05, 0) is 24.3 Å². The van der Waals surface area contributed by atoms with Crippen molar-refractivity contribution in [2.45, 2.75) is 6.10 Å². The average molecular weight is 306 g/mol. The van der Waals surface area contributed by atoms with Crippen molar-refractivity contribution in [2.24, 2.45) is 0 Å². The molecule has 2 aromatic carbocycles. The van der Waals surface area contributed by atoms with Gasteiger partial charge in [0.1, 0.15) is 5.75 Å². The summed E-state index contributed by atoms with van der Waals surface area (Å²) >= 11 is 5.55. The van der Waals surface area contributed by atoms with E-state index in [1.54, 1.807) is 48.5 Å². The lowest BCUT2D eigenvalue weighted by atomic mass is 10.1. The highest BCUT2D eigenvalue weighted by molar-refractivity contribution is 6.18. The third kappa shape index (κ3) is 4.48. The molecule has 0 amide bonds. The molecule has 2 aromatic rings. The van der Waals surface area contributed by atoms with Gasteiger partial charge in [-0.2, -0.15) is 0 Å². The fourth-order valence-electron chi connectivity index (χ4n) is 1.75. The van der Waals surface area contributed by atoms with E-state index in [1.807, 2.05) is 6.07 Å². The van der Waals surface area contributed by atoms with Gasteiger partial charge in [-0.15, -0.1) is 11.6 Å². The Morgan fingerprint density at radius 3 is 2.52 bits per heavy atom. The molecule has 1 unspecified atom stereocenters. The van der Waals surface area contributed by atoms with Gasteiger partial charge in [0.25, 0.3) is 0 Å². The minimum absolute atomic E-state index is 0.129. The van der Waals surface area contributed by atoms with E-state index in [1.165, 1.54) is 0 Å². The molecule has 0 aliphatic rings. The highest BCUT2D eigenvalue weighted by Gasteiger charge is 2.14. The Labute approximate surface area is 128 Å². The van der Waals surface area contributed by atoms with E-state index in [9.17, 15) is 9.90 Å². The third-order valence-corrected chi connectivity index (χ3v) is 3.16. The molecule has 0 fully saturated rings. The first kappa shape index (κ1) is 15.4. The van der Waals surface area contributed by atoms with Crippen molar-refractivity contribution in [3.63, 3.8) is 0 Å². The summed E-state index contributed by atoms with van der Waals surface area (Å²) in [5, 5.41) is 12.5. The molecule has 21 heavy (non-hydrogen) atoms. The van der Waals surface area contributed by atoms with Gasteiger partial charge in [0, 0.05) is 12.2 Å². The fourth-order valence-corrected chi connectivity index (χ4v) is 1.86. The number of halogens is 1. The second-order valence-corrected chi connectivity index (χ2v) is 4.75. The number of hydrogen-bond donors (Lipinski definition) is 2. The van der Waals surface area contributed by atoms with Crippen molar-refractivity contribution in [3.8, 4) is 5.75 Å². The summed E-state index contributed by atoms with van der Waals surface area (Å²) in [4.78, 5) is 12.2. The highest BCUT2D eigenvalue weighted by Crippen LogP contribution is 2.18. The van der Waals surface area contributed by atoms with Crippen molar-refractivity contribution in [1.82, 2.24) is 0 Å². The number of esters is 1. The summed E-state index contributed by atoms with van der Waals surface area (Å²) in [6.07, 6.45) is -0.676. The van der Waals surface area contributed by atoms with E-state index >= 15 is 0 Å². The Kier molecular flexibility index (Phi) is 5.60. The second-order valence-electron chi connectivity index (χ2n) is 4.44. The van der Waals surface area contributed by atoms with E-state index in [0.717, 1.165) is 0 Å². The summed E-state index contributed by atoms with van der Waals surface area (Å²) in [5.41, 5.74) is 1.01.